The predicted octanol–water partition coefficient (Wildman–Crippen LogP) is -3.88. The molecule has 17 heavy (non-hydrogen) atoms. The van der Waals surface area contributed by atoms with Crippen molar-refractivity contribution in [3.05, 3.63) is 38.0 Å². The van der Waals surface area contributed by atoms with E-state index in [4.69, 9.17) is 29.7 Å². The molecular formula is C9H10FeKO6. The molecule has 0 saturated heterocycles. The summed E-state index contributed by atoms with van der Waals surface area (Å²) >= 11 is 0. The molecule has 0 atom stereocenters. The Labute approximate surface area is 152 Å². The second-order valence-electron chi connectivity index (χ2n) is 1.57. The van der Waals surface area contributed by atoms with E-state index >= 15 is 0 Å². The van der Waals surface area contributed by atoms with E-state index in [0.29, 0.717) is 0 Å². The molecule has 0 aliphatic heterocycles. The molecule has 0 heterocycles. The molecule has 0 fully saturated rings. The summed E-state index contributed by atoms with van der Waals surface area (Å²) in [4.78, 5) is 27.4. The summed E-state index contributed by atoms with van der Waals surface area (Å²) in [5, 5.41) is 27.4. The number of carboxylic acids is 3. The van der Waals surface area contributed by atoms with Crippen LogP contribution < -0.4 is 15.3 Å². The van der Waals surface area contributed by atoms with E-state index in [1.54, 1.807) is 0 Å². The van der Waals surface area contributed by atoms with Crippen LogP contribution in [0.1, 0.15) is 0 Å². The zero-order chi connectivity index (χ0) is 12.9. The maximum absolute atomic E-state index is 9.14. The zero-order valence-electron chi connectivity index (χ0n) is 8.16. The van der Waals surface area contributed by atoms with Crippen LogP contribution in [0.5, 0.6) is 0 Å². The topological polar surface area (TPSA) is 120 Å². The summed E-state index contributed by atoms with van der Waals surface area (Å²) in [7, 11) is 0. The van der Waals surface area contributed by atoms with E-state index in [-0.39, 0.29) is 68.5 Å². The number of hydrogen-bond donors (Lipinski definition) is 0. The van der Waals surface area contributed by atoms with Gasteiger partial charge in [-0.2, -0.15) is 0 Å². The first-order chi connectivity index (χ1) is 6.81. The summed E-state index contributed by atoms with van der Waals surface area (Å²) in [5.41, 5.74) is 0. The van der Waals surface area contributed by atoms with E-state index in [9.17, 15) is 0 Å². The fourth-order valence-electron chi connectivity index (χ4n) is 0. The number of carbonyl (C=O) groups is 3. The number of rotatable bonds is 3. The molecule has 0 aromatic carbocycles. The van der Waals surface area contributed by atoms with Crippen molar-refractivity contribution < 1.29 is 46.8 Å². The molecule has 0 N–H and O–H groups in total. The Kier molecular flexibility index (Phi) is 44.0. The van der Waals surface area contributed by atoms with Crippen molar-refractivity contribution in [3.63, 3.8) is 0 Å². The second kappa shape index (κ2) is 24.8. The summed E-state index contributed by atoms with van der Waals surface area (Å²) in [6.45, 7) is 8.69. The van der Waals surface area contributed by atoms with Crippen LogP contribution in [0.25, 0.3) is 0 Å². The van der Waals surface area contributed by atoms with Crippen LogP contribution in [0.15, 0.2) is 38.0 Å². The van der Waals surface area contributed by atoms with E-state index in [2.05, 4.69) is 19.7 Å². The molecule has 8 heteroatoms. The summed E-state index contributed by atoms with van der Waals surface area (Å²) in [6, 6.07) is 0. The SMILES string of the molecule is C=CC(=O)[O-].C=CC(=O)[O-].C=CC(=O)[O-].[Fe+3].[KH]. The minimum atomic E-state index is -1.23. The predicted molar refractivity (Wildman–Crippen MR) is 52.8 cm³/mol. The number of hydrogen-bond acceptors (Lipinski definition) is 6. The fourth-order valence-corrected chi connectivity index (χ4v) is 0. The molecule has 1 radical (unpaired) electrons. The standard InChI is InChI=1S/3C3H4O2.Fe.K.H/c3*1-2-3(4)5;;;/h3*2H,1H2,(H,4,5);;;/q;;;+3;;/p-3. The van der Waals surface area contributed by atoms with Gasteiger partial charge in [0.25, 0.3) is 0 Å². The van der Waals surface area contributed by atoms with Crippen molar-refractivity contribution in [2.24, 2.45) is 0 Å². The van der Waals surface area contributed by atoms with Gasteiger partial charge >= 0.3 is 68.5 Å². The Bertz CT molecular complexity index is 221. The maximum atomic E-state index is 9.14. The third-order valence-electron chi connectivity index (χ3n) is 0.500. The van der Waals surface area contributed by atoms with Crippen LogP contribution in [-0.2, 0) is 31.5 Å². The van der Waals surface area contributed by atoms with Crippen LogP contribution in [0.4, 0.5) is 0 Å². The third-order valence-corrected chi connectivity index (χ3v) is 0.500. The van der Waals surface area contributed by atoms with E-state index in [1.165, 1.54) is 0 Å². The molecule has 6 nitrogen and oxygen atoms in total. The van der Waals surface area contributed by atoms with Gasteiger partial charge in [0.2, 0.25) is 0 Å². The van der Waals surface area contributed by atoms with Gasteiger partial charge in [-0.15, -0.1) is 0 Å². The second-order valence-corrected chi connectivity index (χ2v) is 1.57. The molecule has 0 amide bonds. The normalized spacial score (nSPS) is 5.65. The first-order valence-electron chi connectivity index (χ1n) is 3.32. The van der Waals surface area contributed by atoms with Crippen molar-refractivity contribution in [3.8, 4) is 0 Å². The number of aliphatic carboxylic acids is 3. The average Bonchev–Trinajstić information content (AvgIpc) is 2.19. The minimum absolute atomic E-state index is 0. The molecular weight excluding hydrogens is 299 g/mol. The molecule has 0 aromatic rings. The van der Waals surface area contributed by atoms with Gasteiger partial charge in [0, 0.05) is 0 Å². The van der Waals surface area contributed by atoms with Crippen molar-refractivity contribution >= 4 is 69.3 Å². The molecule has 0 unspecified atom stereocenters. The van der Waals surface area contributed by atoms with Gasteiger partial charge in [0.1, 0.15) is 0 Å². The Hall–Kier alpha value is -0.214. The molecule has 0 bridgehead atoms. The van der Waals surface area contributed by atoms with E-state index in [1.807, 2.05) is 0 Å². The van der Waals surface area contributed by atoms with Crippen LogP contribution in [0.2, 0.25) is 0 Å². The Morgan fingerprint density at radius 2 is 0.765 bits per heavy atom. The van der Waals surface area contributed by atoms with Crippen molar-refractivity contribution in [1.29, 1.82) is 0 Å². The molecule has 91 valence electrons. The zero-order valence-corrected chi connectivity index (χ0v) is 9.26. The van der Waals surface area contributed by atoms with Gasteiger partial charge in [-0.05, 0) is 18.2 Å². The first-order valence-corrected chi connectivity index (χ1v) is 3.32. The molecule has 0 saturated carbocycles. The van der Waals surface area contributed by atoms with Gasteiger partial charge in [-0.3, -0.25) is 0 Å². The summed E-state index contributed by atoms with van der Waals surface area (Å²) < 4.78 is 0. The van der Waals surface area contributed by atoms with Crippen LogP contribution in [0, 0.1) is 0 Å². The van der Waals surface area contributed by atoms with Gasteiger partial charge < -0.3 is 29.7 Å². The van der Waals surface area contributed by atoms with Gasteiger partial charge in [0.15, 0.2) is 0 Å². The molecule has 0 aliphatic rings. The van der Waals surface area contributed by atoms with Crippen LogP contribution in [-0.4, -0.2) is 69.3 Å². The van der Waals surface area contributed by atoms with Crippen molar-refractivity contribution in [2.45, 2.75) is 0 Å². The molecule has 0 aliphatic carbocycles. The fraction of sp³-hybridized carbons (Fsp3) is 0. The summed E-state index contributed by atoms with van der Waals surface area (Å²) in [6.07, 6.45) is 2.17. The van der Waals surface area contributed by atoms with Crippen LogP contribution in [0.3, 0.4) is 0 Å². The first kappa shape index (κ1) is 30.1. The molecule has 0 rings (SSSR count). The quantitative estimate of drug-likeness (QED) is 0.388. The van der Waals surface area contributed by atoms with Gasteiger partial charge in [-0.25, -0.2) is 0 Å². The molecule has 0 aromatic heterocycles. The van der Waals surface area contributed by atoms with Crippen molar-refractivity contribution in [1.82, 2.24) is 0 Å². The van der Waals surface area contributed by atoms with Gasteiger partial charge in [-0.1, -0.05) is 19.7 Å². The third kappa shape index (κ3) is 89.6. The number of carboxylic acid groups (broad SMARTS) is 3. The van der Waals surface area contributed by atoms with E-state index < -0.39 is 17.9 Å². The Morgan fingerprint density at radius 1 is 0.706 bits per heavy atom. The van der Waals surface area contributed by atoms with Crippen molar-refractivity contribution in [2.75, 3.05) is 0 Å². The Balaban J connectivity index is -0.0000000400. The Morgan fingerprint density at radius 3 is 0.765 bits per heavy atom. The summed E-state index contributed by atoms with van der Waals surface area (Å²) in [5.74, 6) is -3.69. The van der Waals surface area contributed by atoms with Gasteiger partial charge in [0.05, 0.1) is 17.9 Å². The van der Waals surface area contributed by atoms with Crippen LogP contribution >= 0.6 is 0 Å². The van der Waals surface area contributed by atoms with E-state index in [0.717, 1.165) is 18.2 Å². The monoisotopic (exact) mass is 309 g/mol. The average molecular weight is 309 g/mol. The number of carbonyl (C=O) groups excluding carboxylic acids is 3. The molecule has 0 spiro atoms.